The second-order valence-electron chi connectivity index (χ2n) is 7.47. The summed E-state index contributed by atoms with van der Waals surface area (Å²) in [7, 11) is 2.09. The molecule has 1 aliphatic carbocycles. The van der Waals surface area contributed by atoms with Crippen LogP contribution < -0.4 is 5.32 Å². The Morgan fingerprint density at radius 2 is 1.79 bits per heavy atom. The van der Waals surface area contributed by atoms with Gasteiger partial charge in [-0.05, 0) is 57.9 Å². The van der Waals surface area contributed by atoms with E-state index < -0.39 is 0 Å². The maximum Gasteiger partial charge on any atom is 0.0523 e. The molecule has 0 amide bonds. The quantitative estimate of drug-likeness (QED) is 0.685. The summed E-state index contributed by atoms with van der Waals surface area (Å²) in [5.41, 5.74) is 2.56. The fourth-order valence-corrected chi connectivity index (χ4v) is 4.58. The van der Waals surface area contributed by atoms with Gasteiger partial charge < -0.3 is 10.2 Å². The first-order valence-corrected chi connectivity index (χ1v) is 9.69. The lowest BCUT2D eigenvalue weighted by Gasteiger charge is -2.38. The van der Waals surface area contributed by atoms with Crippen LogP contribution in [-0.4, -0.2) is 30.6 Å². The van der Waals surface area contributed by atoms with E-state index in [2.05, 4.69) is 68.6 Å². The smallest absolute Gasteiger partial charge is 0.0523 e. The molecule has 2 heteroatoms. The topological polar surface area (TPSA) is 15.3 Å². The maximum atomic E-state index is 4.55. The predicted molar refractivity (Wildman–Crippen MR) is 106 cm³/mol. The Balaban J connectivity index is 2.13. The highest BCUT2D eigenvalue weighted by molar-refractivity contribution is 5.18. The standard InChI is InChI=1S/C22H36N2/c1-6-19-15-16-24(22(19)17(2)3)18(4)21(23-5)20-13-11-9-7-8-10-12-14-20/h7-10,19-23H,2,4,6,11-16H2,1,3,5H3/b9-7-,10-8-/t19-,21?,22?/m0/s1. The van der Waals surface area contributed by atoms with Crippen LogP contribution in [0.3, 0.4) is 0 Å². The minimum atomic E-state index is 0.363. The van der Waals surface area contributed by atoms with Gasteiger partial charge in [0.25, 0.3) is 0 Å². The molecule has 3 atom stereocenters. The summed E-state index contributed by atoms with van der Waals surface area (Å²) in [5.74, 6) is 1.37. The number of likely N-dealkylation sites (tertiary alicyclic amines) is 1. The second-order valence-corrected chi connectivity index (χ2v) is 7.47. The van der Waals surface area contributed by atoms with Gasteiger partial charge in [-0.15, -0.1) is 0 Å². The van der Waals surface area contributed by atoms with Crippen molar-refractivity contribution in [2.45, 2.75) is 64.5 Å². The largest absolute Gasteiger partial charge is 0.367 e. The molecule has 1 fully saturated rings. The first-order valence-electron chi connectivity index (χ1n) is 9.69. The normalized spacial score (nSPS) is 29.4. The highest BCUT2D eigenvalue weighted by Crippen LogP contribution is 2.36. The molecular formula is C22H36N2. The number of likely N-dealkylation sites (N-methyl/N-ethyl adjacent to an activating group) is 1. The van der Waals surface area contributed by atoms with Gasteiger partial charge in [0.05, 0.1) is 6.04 Å². The number of hydrogen-bond acceptors (Lipinski definition) is 2. The molecule has 0 aromatic heterocycles. The molecule has 0 saturated carbocycles. The lowest BCUT2D eigenvalue weighted by Crippen LogP contribution is -2.44. The van der Waals surface area contributed by atoms with Crippen molar-refractivity contribution < 1.29 is 0 Å². The van der Waals surface area contributed by atoms with E-state index in [0.29, 0.717) is 18.0 Å². The van der Waals surface area contributed by atoms with Crippen LogP contribution in [0.1, 0.15) is 52.4 Å². The van der Waals surface area contributed by atoms with Crippen LogP contribution in [-0.2, 0) is 0 Å². The number of nitrogens with one attached hydrogen (secondary N) is 1. The van der Waals surface area contributed by atoms with Crippen molar-refractivity contribution >= 4 is 0 Å². The molecule has 0 aromatic carbocycles. The minimum absolute atomic E-state index is 0.363. The van der Waals surface area contributed by atoms with Gasteiger partial charge in [0, 0.05) is 18.3 Å². The molecule has 1 heterocycles. The molecule has 2 aliphatic rings. The Hall–Kier alpha value is -1.28. The SMILES string of the molecule is C=C(C)C1[C@@H](CC)CCN1C(=C)C(NC)C1CC/C=C\C=C/CC1. The van der Waals surface area contributed by atoms with Crippen molar-refractivity contribution in [1.82, 2.24) is 10.2 Å². The third kappa shape index (κ3) is 4.42. The summed E-state index contributed by atoms with van der Waals surface area (Å²) in [6.45, 7) is 14.4. The highest BCUT2D eigenvalue weighted by Gasteiger charge is 2.37. The first-order chi connectivity index (χ1) is 11.6. The average Bonchev–Trinajstić information content (AvgIpc) is 3.04. The summed E-state index contributed by atoms with van der Waals surface area (Å²) in [4.78, 5) is 2.55. The molecule has 2 unspecified atom stereocenters. The third-order valence-electron chi connectivity index (χ3n) is 5.85. The Bertz CT molecular complexity index is 472. The number of hydrogen-bond donors (Lipinski definition) is 1. The van der Waals surface area contributed by atoms with E-state index in [9.17, 15) is 0 Å². The summed E-state index contributed by atoms with van der Waals surface area (Å²) >= 11 is 0. The molecule has 0 spiro atoms. The van der Waals surface area contributed by atoms with Crippen LogP contribution >= 0.6 is 0 Å². The molecular weight excluding hydrogens is 292 g/mol. The van der Waals surface area contributed by atoms with E-state index in [1.165, 1.54) is 37.0 Å². The van der Waals surface area contributed by atoms with Gasteiger partial charge in [-0.3, -0.25) is 0 Å². The minimum Gasteiger partial charge on any atom is -0.367 e. The van der Waals surface area contributed by atoms with E-state index in [0.717, 1.165) is 25.3 Å². The maximum absolute atomic E-state index is 4.55. The molecule has 1 N–H and O–H groups in total. The Morgan fingerprint density at radius 3 is 2.29 bits per heavy atom. The molecule has 2 rings (SSSR count). The summed E-state index contributed by atoms with van der Waals surface area (Å²) in [6, 6.07) is 0.830. The van der Waals surface area contributed by atoms with Gasteiger partial charge in [-0.2, -0.15) is 0 Å². The molecule has 1 saturated heterocycles. The van der Waals surface area contributed by atoms with E-state index in [-0.39, 0.29) is 0 Å². The van der Waals surface area contributed by atoms with Crippen molar-refractivity contribution in [2.24, 2.45) is 11.8 Å². The Labute approximate surface area is 149 Å². The van der Waals surface area contributed by atoms with E-state index in [1.54, 1.807) is 0 Å². The van der Waals surface area contributed by atoms with Gasteiger partial charge >= 0.3 is 0 Å². The number of nitrogens with zero attached hydrogens (tertiary/aromatic N) is 1. The summed E-state index contributed by atoms with van der Waals surface area (Å²) in [6.07, 6.45) is 16.2. The van der Waals surface area contributed by atoms with E-state index in [4.69, 9.17) is 0 Å². The summed E-state index contributed by atoms with van der Waals surface area (Å²) < 4.78 is 0. The lowest BCUT2D eigenvalue weighted by molar-refractivity contribution is 0.252. The van der Waals surface area contributed by atoms with Crippen LogP contribution in [0.15, 0.2) is 48.7 Å². The zero-order valence-electron chi connectivity index (χ0n) is 15.9. The average molecular weight is 329 g/mol. The molecule has 24 heavy (non-hydrogen) atoms. The zero-order valence-corrected chi connectivity index (χ0v) is 15.9. The van der Waals surface area contributed by atoms with Crippen LogP contribution in [0.25, 0.3) is 0 Å². The molecule has 0 bridgehead atoms. The number of allylic oxidation sites excluding steroid dienone is 4. The van der Waals surface area contributed by atoms with Crippen molar-refractivity contribution in [3.63, 3.8) is 0 Å². The van der Waals surface area contributed by atoms with Crippen LogP contribution in [0.5, 0.6) is 0 Å². The monoisotopic (exact) mass is 328 g/mol. The number of rotatable bonds is 6. The van der Waals surface area contributed by atoms with Crippen molar-refractivity contribution in [3.05, 3.63) is 48.7 Å². The molecule has 2 nitrogen and oxygen atoms in total. The van der Waals surface area contributed by atoms with Gasteiger partial charge in [-0.25, -0.2) is 0 Å². The van der Waals surface area contributed by atoms with Crippen LogP contribution in [0, 0.1) is 11.8 Å². The molecule has 1 aliphatic heterocycles. The van der Waals surface area contributed by atoms with Crippen LogP contribution in [0.2, 0.25) is 0 Å². The lowest BCUT2D eigenvalue weighted by atomic mass is 9.87. The van der Waals surface area contributed by atoms with Crippen molar-refractivity contribution in [2.75, 3.05) is 13.6 Å². The first kappa shape index (κ1) is 19.1. The van der Waals surface area contributed by atoms with Crippen LogP contribution in [0.4, 0.5) is 0 Å². The Kier molecular flexibility index (Phi) is 7.36. The highest BCUT2D eigenvalue weighted by atomic mass is 15.2. The van der Waals surface area contributed by atoms with Gasteiger partial charge in [-0.1, -0.05) is 56.4 Å². The Morgan fingerprint density at radius 1 is 1.17 bits per heavy atom. The van der Waals surface area contributed by atoms with Crippen molar-refractivity contribution in [1.29, 1.82) is 0 Å². The van der Waals surface area contributed by atoms with Gasteiger partial charge in [0.15, 0.2) is 0 Å². The van der Waals surface area contributed by atoms with E-state index in [1.807, 2.05) is 0 Å². The fraction of sp³-hybridized carbons (Fsp3) is 0.636. The molecule has 0 radical (unpaired) electrons. The van der Waals surface area contributed by atoms with Gasteiger partial charge in [0.2, 0.25) is 0 Å². The second kappa shape index (κ2) is 9.27. The van der Waals surface area contributed by atoms with Crippen molar-refractivity contribution in [3.8, 4) is 0 Å². The summed E-state index contributed by atoms with van der Waals surface area (Å²) in [5, 5.41) is 3.59. The fourth-order valence-electron chi connectivity index (χ4n) is 4.58. The van der Waals surface area contributed by atoms with E-state index >= 15 is 0 Å². The van der Waals surface area contributed by atoms with Gasteiger partial charge in [0.1, 0.15) is 0 Å². The predicted octanol–water partition coefficient (Wildman–Crippen LogP) is 5.07. The molecule has 0 aromatic rings. The third-order valence-corrected chi connectivity index (χ3v) is 5.85. The molecule has 134 valence electrons. The zero-order chi connectivity index (χ0) is 17.5.